The Hall–Kier alpha value is -1.22. The first-order chi connectivity index (χ1) is 13.2. The molecule has 1 aliphatic rings. The zero-order valence-electron chi connectivity index (χ0n) is 17.6. The Balaban J connectivity index is 0.00000392. The number of ether oxygens (including phenoxy) is 3. The Morgan fingerprint density at radius 3 is 2.61 bits per heavy atom. The zero-order valence-corrected chi connectivity index (χ0v) is 20.0. The summed E-state index contributed by atoms with van der Waals surface area (Å²) in [4.78, 5) is 4.71. The lowest BCUT2D eigenvalue weighted by Gasteiger charge is -2.20. The summed E-state index contributed by atoms with van der Waals surface area (Å²) in [7, 11) is 0. The second-order valence-corrected chi connectivity index (χ2v) is 6.62. The van der Waals surface area contributed by atoms with Gasteiger partial charge in [-0.3, -0.25) is 4.99 Å². The van der Waals surface area contributed by atoms with Crippen LogP contribution in [0.2, 0.25) is 0 Å². The number of halogens is 1. The van der Waals surface area contributed by atoms with Gasteiger partial charge in [0.2, 0.25) is 0 Å². The molecule has 0 spiro atoms. The lowest BCUT2D eigenvalue weighted by molar-refractivity contribution is 0.106. The summed E-state index contributed by atoms with van der Waals surface area (Å²) in [6.45, 7) is 11.9. The molecule has 6 nitrogen and oxygen atoms in total. The molecule has 7 heteroatoms. The predicted octanol–water partition coefficient (Wildman–Crippen LogP) is 4.29. The summed E-state index contributed by atoms with van der Waals surface area (Å²) in [5.74, 6) is 2.40. The molecule has 160 valence electrons. The topological polar surface area (TPSA) is 64.1 Å². The van der Waals surface area contributed by atoms with E-state index in [0.717, 1.165) is 55.6 Å². The summed E-state index contributed by atoms with van der Waals surface area (Å²) < 4.78 is 17.1. The third-order valence-electron chi connectivity index (χ3n) is 4.51. The molecule has 28 heavy (non-hydrogen) atoms. The van der Waals surface area contributed by atoms with Crippen molar-refractivity contribution in [1.82, 2.24) is 10.6 Å². The largest absolute Gasteiger partial charge is 0.490 e. The van der Waals surface area contributed by atoms with Crippen LogP contribution in [-0.4, -0.2) is 45.0 Å². The lowest BCUT2D eigenvalue weighted by Crippen LogP contribution is -2.39. The van der Waals surface area contributed by atoms with E-state index in [0.29, 0.717) is 19.3 Å². The van der Waals surface area contributed by atoms with Crippen LogP contribution in [0.5, 0.6) is 11.5 Å². The number of guanidine groups is 1. The first kappa shape index (κ1) is 24.8. The molecule has 0 bridgehead atoms. The molecule has 2 unspecified atom stereocenters. The Labute approximate surface area is 186 Å². The van der Waals surface area contributed by atoms with E-state index in [1.54, 1.807) is 0 Å². The zero-order chi connectivity index (χ0) is 19.5. The Bertz CT molecular complexity index is 592. The number of nitrogens with zero attached hydrogens (tertiary/aromatic N) is 1. The number of aliphatic imine (C=N–C) groups is 1. The normalized spacial score (nSPS) is 17.6. The quantitative estimate of drug-likeness (QED) is 0.282. The van der Waals surface area contributed by atoms with Crippen molar-refractivity contribution in [3.63, 3.8) is 0 Å². The second kappa shape index (κ2) is 13.9. The second-order valence-electron chi connectivity index (χ2n) is 6.62. The van der Waals surface area contributed by atoms with Crippen LogP contribution >= 0.6 is 24.0 Å². The van der Waals surface area contributed by atoms with E-state index >= 15 is 0 Å². The van der Waals surface area contributed by atoms with Crippen LogP contribution in [0.15, 0.2) is 23.2 Å². The van der Waals surface area contributed by atoms with Crippen LogP contribution in [-0.2, 0) is 4.74 Å². The minimum absolute atomic E-state index is 0. The van der Waals surface area contributed by atoms with Gasteiger partial charge in [-0.25, -0.2) is 0 Å². The van der Waals surface area contributed by atoms with Crippen molar-refractivity contribution in [3.8, 4) is 11.5 Å². The smallest absolute Gasteiger partial charge is 0.191 e. The van der Waals surface area contributed by atoms with Gasteiger partial charge in [0.25, 0.3) is 0 Å². The van der Waals surface area contributed by atoms with E-state index in [1.807, 2.05) is 26.0 Å². The van der Waals surface area contributed by atoms with Gasteiger partial charge in [-0.15, -0.1) is 24.0 Å². The summed E-state index contributed by atoms with van der Waals surface area (Å²) >= 11 is 0. The molecule has 0 amide bonds. The maximum Gasteiger partial charge on any atom is 0.191 e. The van der Waals surface area contributed by atoms with Gasteiger partial charge in [0, 0.05) is 19.7 Å². The highest BCUT2D eigenvalue weighted by Crippen LogP contribution is 2.30. The van der Waals surface area contributed by atoms with Crippen LogP contribution in [0.4, 0.5) is 0 Å². The van der Waals surface area contributed by atoms with Gasteiger partial charge in [0.1, 0.15) is 0 Å². The van der Waals surface area contributed by atoms with E-state index in [1.165, 1.54) is 6.42 Å². The fourth-order valence-electron chi connectivity index (χ4n) is 3.14. The molecule has 1 aliphatic heterocycles. The molecule has 1 heterocycles. The van der Waals surface area contributed by atoms with Crippen LogP contribution in [0, 0.1) is 0 Å². The van der Waals surface area contributed by atoms with Gasteiger partial charge >= 0.3 is 0 Å². The molecule has 0 saturated carbocycles. The highest BCUT2D eigenvalue weighted by Gasteiger charge is 2.15. The predicted molar refractivity (Wildman–Crippen MR) is 125 cm³/mol. The fraction of sp³-hybridized carbons (Fsp3) is 0.667. The molecule has 0 aliphatic carbocycles. The first-order valence-electron chi connectivity index (χ1n) is 10.2. The molecule has 1 aromatic rings. The minimum Gasteiger partial charge on any atom is -0.490 e. The first-order valence-corrected chi connectivity index (χ1v) is 10.2. The molecule has 2 rings (SSSR count). The van der Waals surface area contributed by atoms with Crippen molar-refractivity contribution in [2.75, 3.05) is 32.9 Å². The van der Waals surface area contributed by atoms with Crippen LogP contribution in [0.1, 0.15) is 58.6 Å². The van der Waals surface area contributed by atoms with Crippen LogP contribution < -0.4 is 20.1 Å². The lowest BCUT2D eigenvalue weighted by atomic mass is 10.1. The molecule has 2 atom stereocenters. The van der Waals surface area contributed by atoms with E-state index < -0.39 is 0 Å². The molecular formula is C21H36IN3O3. The molecule has 2 N–H and O–H groups in total. The molecular weight excluding hydrogens is 469 g/mol. The molecule has 1 aromatic carbocycles. The summed E-state index contributed by atoms with van der Waals surface area (Å²) in [5, 5.41) is 6.80. The summed E-state index contributed by atoms with van der Waals surface area (Å²) in [6.07, 6.45) is 3.67. The van der Waals surface area contributed by atoms with Crippen LogP contribution in [0.25, 0.3) is 0 Å². The Morgan fingerprint density at radius 2 is 1.96 bits per heavy atom. The fourth-order valence-corrected chi connectivity index (χ4v) is 3.14. The number of benzene rings is 1. The van der Waals surface area contributed by atoms with Gasteiger partial charge in [-0.1, -0.05) is 6.07 Å². The van der Waals surface area contributed by atoms with Gasteiger partial charge in [0.05, 0.1) is 25.4 Å². The number of rotatable bonds is 10. The number of hydrogen-bond acceptors (Lipinski definition) is 4. The molecule has 0 aromatic heterocycles. The van der Waals surface area contributed by atoms with Gasteiger partial charge in [-0.05, 0) is 64.7 Å². The molecule has 0 radical (unpaired) electrons. The average molecular weight is 505 g/mol. The standard InChI is InChI=1S/C21H35N3O3.HI/c1-5-22-21(23-13-12-18-9-8-14-27-18)24-16(4)17-10-11-19(25-6-2)20(15-17)26-7-3;/h10-11,15-16,18H,5-9,12-14H2,1-4H3,(H2,22,23,24);1H. The summed E-state index contributed by atoms with van der Waals surface area (Å²) in [6, 6.07) is 6.19. The third kappa shape index (κ3) is 8.03. The maximum atomic E-state index is 5.74. The van der Waals surface area contributed by atoms with E-state index in [2.05, 4.69) is 30.5 Å². The van der Waals surface area contributed by atoms with Crippen molar-refractivity contribution in [1.29, 1.82) is 0 Å². The Morgan fingerprint density at radius 1 is 1.21 bits per heavy atom. The van der Waals surface area contributed by atoms with Crippen molar-refractivity contribution in [3.05, 3.63) is 23.8 Å². The van der Waals surface area contributed by atoms with Crippen molar-refractivity contribution < 1.29 is 14.2 Å². The maximum absolute atomic E-state index is 5.74. The van der Waals surface area contributed by atoms with E-state index in [4.69, 9.17) is 19.2 Å². The Kier molecular flexibility index (Phi) is 12.3. The van der Waals surface area contributed by atoms with E-state index in [-0.39, 0.29) is 30.0 Å². The highest BCUT2D eigenvalue weighted by molar-refractivity contribution is 14.0. The highest BCUT2D eigenvalue weighted by atomic mass is 127. The molecule has 1 saturated heterocycles. The van der Waals surface area contributed by atoms with Crippen LogP contribution in [0.3, 0.4) is 0 Å². The SMILES string of the molecule is CCNC(=NCCC1CCCO1)NC(C)c1ccc(OCC)c(OCC)c1.I. The van der Waals surface area contributed by atoms with Gasteiger partial charge < -0.3 is 24.8 Å². The monoisotopic (exact) mass is 505 g/mol. The number of nitrogens with one attached hydrogen (secondary N) is 2. The third-order valence-corrected chi connectivity index (χ3v) is 4.51. The number of hydrogen-bond donors (Lipinski definition) is 2. The van der Waals surface area contributed by atoms with Crippen molar-refractivity contribution in [2.24, 2.45) is 4.99 Å². The van der Waals surface area contributed by atoms with Crippen molar-refractivity contribution in [2.45, 2.75) is 59.1 Å². The average Bonchev–Trinajstić information content (AvgIpc) is 3.17. The van der Waals surface area contributed by atoms with E-state index in [9.17, 15) is 0 Å². The van der Waals surface area contributed by atoms with Gasteiger partial charge in [0.15, 0.2) is 17.5 Å². The summed E-state index contributed by atoms with van der Waals surface area (Å²) in [5.41, 5.74) is 1.13. The molecule has 1 fully saturated rings. The van der Waals surface area contributed by atoms with Crippen molar-refractivity contribution >= 4 is 29.9 Å². The minimum atomic E-state index is 0. The van der Waals surface area contributed by atoms with Gasteiger partial charge in [-0.2, -0.15) is 0 Å².